The largest absolute Gasteiger partial charge is 0.272 e. The van der Waals surface area contributed by atoms with E-state index in [1.54, 1.807) is 50.2 Å². The number of hydrogen-bond donors (Lipinski definition) is 0. The zero-order chi connectivity index (χ0) is 21.0. The van der Waals surface area contributed by atoms with Gasteiger partial charge in [0.15, 0.2) is 0 Å². The second kappa shape index (κ2) is 6.84. The average molecular weight is 408 g/mol. The Balaban J connectivity index is 1.74. The minimum Gasteiger partial charge on any atom is -0.272 e. The van der Waals surface area contributed by atoms with Crippen LogP contribution in [0.4, 0.5) is 0 Å². The highest BCUT2D eigenvalue weighted by Crippen LogP contribution is 2.33. The van der Waals surface area contributed by atoms with Crippen LogP contribution in [-0.2, 0) is 0 Å². The lowest BCUT2D eigenvalue weighted by Gasteiger charge is -2.19. The van der Waals surface area contributed by atoms with Crippen molar-refractivity contribution in [1.82, 2.24) is 9.80 Å². The van der Waals surface area contributed by atoms with E-state index in [1.807, 2.05) is 13.2 Å². The van der Waals surface area contributed by atoms with Gasteiger partial charge < -0.3 is 0 Å². The molecule has 1 atom stereocenters. The number of nitrogens with zero attached hydrogens (tertiary/aromatic N) is 2. The first-order valence-electron chi connectivity index (χ1n) is 9.33. The zero-order valence-corrected chi connectivity index (χ0v) is 17.4. The van der Waals surface area contributed by atoms with E-state index in [-0.39, 0.29) is 35.0 Å². The summed E-state index contributed by atoms with van der Waals surface area (Å²) in [6.45, 7) is 5.41. The second-order valence-electron chi connectivity index (χ2n) is 7.41. The van der Waals surface area contributed by atoms with Gasteiger partial charge in [0.1, 0.15) is 0 Å². The molecule has 1 unspecified atom stereocenters. The van der Waals surface area contributed by atoms with Gasteiger partial charge in [0.2, 0.25) is 0 Å². The summed E-state index contributed by atoms with van der Waals surface area (Å²) in [7, 11) is 0. The van der Waals surface area contributed by atoms with E-state index in [0.29, 0.717) is 22.3 Å². The molecular formula is C22H20N2O4S. The molecule has 29 heavy (non-hydrogen) atoms. The fourth-order valence-electron chi connectivity index (χ4n) is 3.78. The first kappa shape index (κ1) is 19.4. The van der Waals surface area contributed by atoms with E-state index in [9.17, 15) is 19.2 Å². The van der Waals surface area contributed by atoms with Gasteiger partial charge in [-0.15, -0.1) is 11.8 Å². The molecule has 148 valence electrons. The van der Waals surface area contributed by atoms with Crippen molar-refractivity contribution in [3.8, 4) is 11.1 Å². The summed E-state index contributed by atoms with van der Waals surface area (Å²) in [4.78, 5) is 53.0. The molecule has 0 aliphatic carbocycles. The number of rotatable bonds is 4. The third kappa shape index (κ3) is 2.80. The third-order valence-corrected chi connectivity index (χ3v) is 6.28. The van der Waals surface area contributed by atoms with Gasteiger partial charge in [-0.05, 0) is 62.4 Å². The van der Waals surface area contributed by atoms with Crippen LogP contribution in [0.2, 0.25) is 0 Å². The number of imide groups is 2. The van der Waals surface area contributed by atoms with Crippen LogP contribution in [0.1, 0.15) is 62.2 Å². The maximum Gasteiger partial charge on any atom is 0.262 e. The van der Waals surface area contributed by atoms with Gasteiger partial charge in [-0.25, -0.2) is 0 Å². The Bertz CT molecular complexity index is 1090. The van der Waals surface area contributed by atoms with Gasteiger partial charge in [-0.1, -0.05) is 12.1 Å². The van der Waals surface area contributed by atoms with Crippen LogP contribution in [0.25, 0.3) is 11.1 Å². The Morgan fingerprint density at radius 2 is 1.07 bits per heavy atom. The monoisotopic (exact) mass is 408 g/mol. The van der Waals surface area contributed by atoms with Crippen LogP contribution in [0.15, 0.2) is 36.4 Å². The van der Waals surface area contributed by atoms with E-state index in [2.05, 4.69) is 0 Å². The minimum absolute atomic E-state index is 0.223. The molecule has 4 amide bonds. The summed E-state index contributed by atoms with van der Waals surface area (Å²) in [6, 6.07) is 9.97. The van der Waals surface area contributed by atoms with Gasteiger partial charge >= 0.3 is 0 Å². The topological polar surface area (TPSA) is 74.8 Å². The van der Waals surface area contributed by atoms with E-state index < -0.39 is 0 Å². The molecule has 4 rings (SSSR count). The molecule has 2 aromatic carbocycles. The summed E-state index contributed by atoms with van der Waals surface area (Å²) >= 11 is 1.43. The molecule has 0 N–H and O–H groups in total. The van der Waals surface area contributed by atoms with Gasteiger partial charge in [0, 0.05) is 6.04 Å². The van der Waals surface area contributed by atoms with Crippen molar-refractivity contribution in [3.05, 3.63) is 58.7 Å². The lowest BCUT2D eigenvalue weighted by atomic mass is 9.97. The fraction of sp³-hybridized carbons (Fsp3) is 0.273. The van der Waals surface area contributed by atoms with Crippen LogP contribution < -0.4 is 0 Å². The van der Waals surface area contributed by atoms with Crippen molar-refractivity contribution in [2.45, 2.75) is 32.2 Å². The normalized spacial score (nSPS) is 16.7. The van der Waals surface area contributed by atoms with Crippen LogP contribution in [0.5, 0.6) is 0 Å². The molecule has 0 saturated carbocycles. The molecule has 6 nitrogen and oxygen atoms in total. The average Bonchev–Trinajstić information content (AvgIpc) is 3.11. The molecule has 0 radical (unpaired) electrons. The van der Waals surface area contributed by atoms with E-state index >= 15 is 0 Å². The van der Waals surface area contributed by atoms with Gasteiger partial charge in [0.25, 0.3) is 23.6 Å². The molecule has 0 spiro atoms. The predicted octanol–water partition coefficient (Wildman–Crippen LogP) is 3.66. The van der Waals surface area contributed by atoms with E-state index in [4.69, 9.17) is 0 Å². The van der Waals surface area contributed by atoms with Crippen molar-refractivity contribution < 1.29 is 19.2 Å². The van der Waals surface area contributed by atoms with Crippen molar-refractivity contribution in [2.75, 3.05) is 6.26 Å². The van der Waals surface area contributed by atoms with Crippen molar-refractivity contribution in [1.29, 1.82) is 0 Å². The molecule has 7 heteroatoms. The molecule has 0 saturated heterocycles. The number of fused-ring (bicyclic) bond motifs is 2. The standard InChI is InChI=1S/C22H20N2O4S/c1-11(2)23-19(25)15-7-5-13(9-17(15)21(23)27)14-6-8-16-18(10-14)22(28)24(20(16)26)12(3)29-4/h5-12H,1-4H3. The molecule has 2 aliphatic heterocycles. The Labute approximate surface area is 172 Å². The van der Waals surface area contributed by atoms with Crippen molar-refractivity contribution >= 4 is 35.4 Å². The van der Waals surface area contributed by atoms with Crippen molar-refractivity contribution in [3.63, 3.8) is 0 Å². The maximum absolute atomic E-state index is 12.8. The number of amides is 4. The highest BCUT2D eigenvalue weighted by molar-refractivity contribution is 7.99. The van der Waals surface area contributed by atoms with Gasteiger partial charge in [0.05, 0.1) is 27.6 Å². The highest BCUT2D eigenvalue weighted by Gasteiger charge is 2.39. The summed E-state index contributed by atoms with van der Waals surface area (Å²) in [5.74, 6) is -1.20. The number of thioether (sulfide) groups is 1. The molecule has 2 aliphatic rings. The van der Waals surface area contributed by atoms with E-state index in [0.717, 1.165) is 11.1 Å². The lowest BCUT2D eigenvalue weighted by molar-refractivity contribution is 0.0603. The SMILES string of the molecule is CSC(C)N1C(=O)c2ccc(-c3ccc4c(c3)C(=O)N(C(C)C)C4=O)cc2C1=O. The molecule has 2 aromatic rings. The van der Waals surface area contributed by atoms with E-state index in [1.165, 1.54) is 21.6 Å². The molecule has 0 aromatic heterocycles. The quantitative estimate of drug-likeness (QED) is 0.722. The minimum atomic E-state index is -0.313. The molecule has 0 fully saturated rings. The second-order valence-corrected chi connectivity index (χ2v) is 8.56. The Kier molecular flexibility index (Phi) is 4.58. The summed E-state index contributed by atoms with van der Waals surface area (Å²) in [6.07, 6.45) is 1.85. The predicted molar refractivity (Wildman–Crippen MR) is 111 cm³/mol. The highest BCUT2D eigenvalue weighted by atomic mass is 32.2. The van der Waals surface area contributed by atoms with Gasteiger partial charge in [-0.2, -0.15) is 0 Å². The molecule has 2 heterocycles. The smallest absolute Gasteiger partial charge is 0.262 e. The van der Waals surface area contributed by atoms with Crippen LogP contribution in [0.3, 0.4) is 0 Å². The summed E-state index contributed by atoms with van der Waals surface area (Å²) in [5.41, 5.74) is 2.93. The van der Waals surface area contributed by atoms with Crippen LogP contribution in [-0.4, -0.2) is 51.1 Å². The first-order chi connectivity index (χ1) is 13.8. The first-order valence-corrected chi connectivity index (χ1v) is 10.6. The fourth-order valence-corrected chi connectivity index (χ4v) is 4.18. The third-order valence-electron chi connectivity index (χ3n) is 5.39. The molecule has 0 bridgehead atoms. The van der Waals surface area contributed by atoms with Gasteiger partial charge in [-0.3, -0.25) is 29.0 Å². The number of hydrogen-bond acceptors (Lipinski definition) is 5. The number of carbonyl (C=O) groups excluding carboxylic acids is 4. The zero-order valence-electron chi connectivity index (χ0n) is 16.6. The Morgan fingerprint density at radius 3 is 1.52 bits per heavy atom. The molecular weight excluding hydrogens is 388 g/mol. The maximum atomic E-state index is 12.8. The number of carbonyl (C=O) groups is 4. The Morgan fingerprint density at radius 1 is 0.655 bits per heavy atom. The van der Waals surface area contributed by atoms with Crippen LogP contribution in [0, 0.1) is 0 Å². The lowest BCUT2D eigenvalue weighted by Crippen LogP contribution is -2.35. The van der Waals surface area contributed by atoms with Crippen molar-refractivity contribution in [2.24, 2.45) is 0 Å². The summed E-state index contributed by atoms with van der Waals surface area (Å²) in [5, 5.41) is -0.253. The number of benzene rings is 2. The Hall–Kier alpha value is -2.93. The summed E-state index contributed by atoms with van der Waals surface area (Å²) < 4.78 is 0. The van der Waals surface area contributed by atoms with Crippen LogP contribution >= 0.6 is 11.8 Å².